The van der Waals surface area contributed by atoms with Gasteiger partial charge in [-0.2, -0.15) is 0 Å². The van der Waals surface area contributed by atoms with Crippen LogP contribution in [0.2, 0.25) is 0 Å². The van der Waals surface area contributed by atoms with E-state index in [2.05, 4.69) is 21.2 Å². The van der Waals surface area contributed by atoms with Gasteiger partial charge in [0.1, 0.15) is 5.75 Å². The van der Waals surface area contributed by atoms with Crippen molar-refractivity contribution in [2.45, 2.75) is 0 Å². The van der Waals surface area contributed by atoms with E-state index in [1.54, 1.807) is 14.2 Å². The maximum atomic E-state index is 5.12. The molecule has 0 bridgehead atoms. The first kappa shape index (κ1) is 11.3. The van der Waals surface area contributed by atoms with Crippen LogP contribution in [0.4, 0.5) is 5.69 Å². The van der Waals surface area contributed by atoms with E-state index >= 15 is 0 Å². The lowest BCUT2D eigenvalue weighted by molar-refractivity contribution is 0.211. The number of anilines is 1. The normalized spacial score (nSPS) is 9.93. The standard InChI is InChI=1S/C10H14BrNO2/c1-13-6-5-12-10-7-8(14-2)3-4-9(10)11/h3-4,7,12H,5-6H2,1-2H3. The van der Waals surface area contributed by atoms with Crippen LogP contribution in [0.5, 0.6) is 5.75 Å². The number of benzene rings is 1. The molecule has 0 aliphatic rings. The number of halogens is 1. The second kappa shape index (κ2) is 5.88. The first-order valence-electron chi connectivity index (χ1n) is 4.34. The average Bonchev–Trinajstić information content (AvgIpc) is 2.21. The second-order valence-electron chi connectivity index (χ2n) is 2.77. The fraction of sp³-hybridized carbons (Fsp3) is 0.400. The third kappa shape index (κ3) is 3.20. The van der Waals surface area contributed by atoms with Crippen LogP contribution in [0.15, 0.2) is 22.7 Å². The van der Waals surface area contributed by atoms with E-state index in [4.69, 9.17) is 9.47 Å². The van der Waals surface area contributed by atoms with Gasteiger partial charge in [-0.3, -0.25) is 0 Å². The van der Waals surface area contributed by atoms with Gasteiger partial charge >= 0.3 is 0 Å². The third-order valence-corrected chi connectivity index (χ3v) is 2.49. The van der Waals surface area contributed by atoms with E-state index < -0.39 is 0 Å². The zero-order chi connectivity index (χ0) is 10.4. The molecule has 3 nitrogen and oxygen atoms in total. The zero-order valence-electron chi connectivity index (χ0n) is 8.34. The number of ether oxygens (including phenoxy) is 2. The minimum atomic E-state index is 0.684. The van der Waals surface area contributed by atoms with E-state index in [0.717, 1.165) is 22.5 Å². The van der Waals surface area contributed by atoms with Gasteiger partial charge in [0.15, 0.2) is 0 Å². The summed E-state index contributed by atoms with van der Waals surface area (Å²) in [6.45, 7) is 1.46. The van der Waals surface area contributed by atoms with Crippen LogP contribution in [-0.4, -0.2) is 27.4 Å². The Bertz CT molecular complexity index is 291. The largest absolute Gasteiger partial charge is 0.497 e. The summed E-state index contributed by atoms with van der Waals surface area (Å²) < 4.78 is 11.1. The minimum Gasteiger partial charge on any atom is -0.497 e. The Morgan fingerprint density at radius 3 is 2.79 bits per heavy atom. The molecule has 0 aromatic heterocycles. The molecule has 78 valence electrons. The maximum absolute atomic E-state index is 5.12. The fourth-order valence-electron chi connectivity index (χ4n) is 1.05. The van der Waals surface area contributed by atoms with Crippen molar-refractivity contribution in [2.24, 2.45) is 0 Å². The third-order valence-electron chi connectivity index (χ3n) is 1.80. The maximum Gasteiger partial charge on any atom is 0.121 e. The highest BCUT2D eigenvalue weighted by molar-refractivity contribution is 9.10. The van der Waals surface area contributed by atoms with E-state index in [1.807, 2.05) is 18.2 Å². The lowest BCUT2D eigenvalue weighted by Crippen LogP contribution is -2.07. The zero-order valence-corrected chi connectivity index (χ0v) is 9.93. The van der Waals surface area contributed by atoms with Crippen molar-refractivity contribution < 1.29 is 9.47 Å². The van der Waals surface area contributed by atoms with Crippen molar-refractivity contribution >= 4 is 21.6 Å². The highest BCUT2D eigenvalue weighted by atomic mass is 79.9. The van der Waals surface area contributed by atoms with Gasteiger partial charge in [0.2, 0.25) is 0 Å². The highest BCUT2D eigenvalue weighted by Gasteiger charge is 2.00. The summed E-state index contributed by atoms with van der Waals surface area (Å²) in [7, 11) is 3.34. The molecule has 0 spiro atoms. The Morgan fingerprint density at radius 1 is 1.36 bits per heavy atom. The molecule has 0 saturated carbocycles. The molecule has 1 aromatic carbocycles. The Balaban J connectivity index is 2.64. The van der Waals surface area contributed by atoms with Crippen LogP contribution in [0, 0.1) is 0 Å². The first-order chi connectivity index (χ1) is 6.77. The molecular formula is C10H14BrNO2. The van der Waals surface area contributed by atoms with Gasteiger partial charge < -0.3 is 14.8 Å². The van der Waals surface area contributed by atoms with Gasteiger partial charge in [0.05, 0.1) is 19.4 Å². The van der Waals surface area contributed by atoms with Crippen molar-refractivity contribution in [3.63, 3.8) is 0 Å². The van der Waals surface area contributed by atoms with Gasteiger partial charge in [-0.25, -0.2) is 0 Å². The van der Waals surface area contributed by atoms with E-state index in [9.17, 15) is 0 Å². The molecule has 1 rings (SSSR count). The lowest BCUT2D eigenvalue weighted by Gasteiger charge is -2.09. The average molecular weight is 260 g/mol. The topological polar surface area (TPSA) is 30.5 Å². The summed E-state index contributed by atoms with van der Waals surface area (Å²) in [5, 5.41) is 3.24. The van der Waals surface area contributed by atoms with Crippen molar-refractivity contribution in [2.75, 3.05) is 32.7 Å². The number of hydrogen-bond donors (Lipinski definition) is 1. The van der Waals surface area contributed by atoms with E-state index in [1.165, 1.54) is 0 Å². The monoisotopic (exact) mass is 259 g/mol. The molecular weight excluding hydrogens is 246 g/mol. The van der Waals surface area contributed by atoms with Gasteiger partial charge in [-0.05, 0) is 28.1 Å². The summed E-state index contributed by atoms with van der Waals surface area (Å²) >= 11 is 3.45. The van der Waals surface area contributed by atoms with Crippen LogP contribution in [-0.2, 0) is 4.74 Å². The quantitative estimate of drug-likeness (QED) is 0.825. The first-order valence-corrected chi connectivity index (χ1v) is 5.13. The Labute approximate surface area is 92.5 Å². The Kier molecular flexibility index (Phi) is 4.76. The van der Waals surface area contributed by atoms with E-state index in [0.29, 0.717) is 6.61 Å². The van der Waals surface area contributed by atoms with Crippen LogP contribution in [0.25, 0.3) is 0 Å². The predicted octanol–water partition coefficient (Wildman–Crippen LogP) is 2.52. The summed E-state index contributed by atoms with van der Waals surface area (Å²) in [4.78, 5) is 0. The van der Waals surface area contributed by atoms with Crippen molar-refractivity contribution in [3.8, 4) is 5.75 Å². The van der Waals surface area contributed by atoms with Crippen molar-refractivity contribution in [1.29, 1.82) is 0 Å². The van der Waals surface area contributed by atoms with Crippen LogP contribution in [0.3, 0.4) is 0 Å². The van der Waals surface area contributed by atoms with E-state index in [-0.39, 0.29) is 0 Å². The summed E-state index contributed by atoms with van der Waals surface area (Å²) in [5.74, 6) is 0.841. The summed E-state index contributed by atoms with van der Waals surface area (Å²) in [5.41, 5.74) is 1.02. The molecule has 0 atom stereocenters. The van der Waals surface area contributed by atoms with Gasteiger partial charge in [-0.15, -0.1) is 0 Å². The van der Waals surface area contributed by atoms with Crippen LogP contribution in [0.1, 0.15) is 0 Å². The van der Waals surface area contributed by atoms with Gasteiger partial charge in [-0.1, -0.05) is 0 Å². The highest BCUT2D eigenvalue weighted by Crippen LogP contribution is 2.26. The van der Waals surface area contributed by atoms with Gasteiger partial charge in [0.25, 0.3) is 0 Å². The van der Waals surface area contributed by atoms with Crippen molar-refractivity contribution in [3.05, 3.63) is 22.7 Å². The molecule has 0 unspecified atom stereocenters. The van der Waals surface area contributed by atoms with Gasteiger partial charge in [0, 0.05) is 24.2 Å². The molecule has 0 heterocycles. The molecule has 0 radical (unpaired) electrons. The number of nitrogens with one attached hydrogen (secondary N) is 1. The smallest absolute Gasteiger partial charge is 0.121 e. The molecule has 1 aromatic rings. The molecule has 0 fully saturated rings. The number of methoxy groups -OCH3 is 2. The summed E-state index contributed by atoms with van der Waals surface area (Å²) in [6.07, 6.45) is 0. The van der Waals surface area contributed by atoms with Crippen molar-refractivity contribution in [1.82, 2.24) is 0 Å². The predicted molar refractivity (Wildman–Crippen MR) is 61.1 cm³/mol. The molecule has 0 aliphatic heterocycles. The van der Waals surface area contributed by atoms with Crippen LogP contribution >= 0.6 is 15.9 Å². The minimum absolute atomic E-state index is 0.684. The Hall–Kier alpha value is -0.740. The fourth-order valence-corrected chi connectivity index (χ4v) is 1.44. The second-order valence-corrected chi connectivity index (χ2v) is 3.62. The number of hydrogen-bond acceptors (Lipinski definition) is 3. The molecule has 1 N–H and O–H groups in total. The SMILES string of the molecule is COCCNc1cc(OC)ccc1Br. The summed E-state index contributed by atoms with van der Waals surface area (Å²) in [6, 6.07) is 5.80. The molecule has 0 aliphatic carbocycles. The van der Waals surface area contributed by atoms with Crippen LogP contribution < -0.4 is 10.1 Å². The molecule has 14 heavy (non-hydrogen) atoms. The Morgan fingerprint density at radius 2 is 2.14 bits per heavy atom. The molecule has 4 heteroatoms. The number of rotatable bonds is 5. The molecule has 0 saturated heterocycles. The molecule has 0 amide bonds. The lowest BCUT2D eigenvalue weighted by atomic mass is 10.3.